The molecule has 0 aromatic heterocycles. The number of aliphatic hydroxyl groups excluding tert-OH is 1. The average Bonchev–Trinajstić information content (AvgIpc) is 2.53. The summed E-state index contributed by atoms with van der Waals surface area (Å²) >= 11 is 0. The molecule has 4 nitrogen and oxygen atoms in total. The van der Waals surface area contributed by atoms with Crippen LogP contribution in [0.1, 0.15) is 18.9 Å². The van der Waals surface area contributed by atoms with Crippen LogP contribution in [0.2, 0.25) is 0 Å². The van der Waals surface area contributed by atoms with Gasteiger partial charge in [-0.25, -0.2) is 0 Å². The third-order valence-corrected chi connectivity index (χ3v) is 2.68. The average molecular weight is 224 g/mol. The molecule has 0 fully saturated rings. The van der Waals surface area contributed by atoms with E-state index in [1.807, 2.05) is 0 Å². The zero-order chi connectivity index (χ0) is 11.6. The summed E-state index contributed by atoms with van der Waals surface area (Å²) in [5.41, 5.74) is -0.621. The molecule has 0 saturated carbocycles. The Labute approximate surface area is 94.4 Å². The molecule has 0 amide bonds. The molecule has 88 valence electrons. The van der Waals surface area contributed by atoms with E-state index in [2.05, 4.69) is 0 Å². The first-order valence-electron chi connectivity index (χ1n) is 5.37. The van der Waals surface area contributed by atoms with Gasteiger partial charge in [-0.2, -0.15) is 0 Å². The summed E-state index contributed by atoms with van der Waals surface area (Å²) in [6, 6.07) is 5.22. The summed E-state index contributed by atoms with van der Waals surface area (Å²) in [6.07, 6.45) is 0.848. The van der Waals surface area contributed by atoms with Crippen molar-refractivity contribution >= 4 is 0 Å². The van der Waals surface area contributed by atoms with E-state index in [9.17, 15) is 5.11 Å². The topological polar surface area (TPSA) is 58.9 Å². The van der Waals surface area contributed by atoms with Crippen LogP contribution in [0.25, 0.3) is 0 Å². The van der Waals surface area contributed by atoms with Crippen molar-refractivity contribution in [1.29, 1.82) is 0 Å². The van der Waals surface area contributed by atoms with Gasteiger partial charge in [-0.15, -0.1) is 0 Å². The minimum Gasteiger partial charge on any atom is -0.490 e. The lowest BCUT2D eigenvalue weighted by atomic mass is 9.97. The van der Waals surface area contributed by atoms with Crippen LogP contribution in [0.4, 0.5) is 0 Å². The highest BCUT2D eigenvalue weighted by atomic mass is 16.5. The van der Waals surface area contributed by atoms with Crippen molar-refractivity contribution in [3.63, 3.8) is 0 Å². The molecular weight excluding hydrogens is 208 g/mol. The van der Waals surface area contributed by atoms with Gasteiger partial charge in [-0.05, 0) is 24.6 Å². The zero-order valence-electron chi connectivity index (χ0n) is 9.27. The van der Waals surface area contributed by atoms with Gasteiger partial charge < -0.3 is 19.7 Å². The van der Waals surface area contributed by atoms with E-state index in [4.69, 9.17) is 14.6 Å². The number of rotatable bonds is 2. The Kier molecular flexibility index (Phi) is 3.03. The summed E-state index contributed by atoms with van der Waals surface area (Å²) in [6.45, 7) is 2.49. The minimum atomic E-state index is -1.25. The van der Waals surface area contributed by atoms with Crippen molar-refractivity contribution in [2.45, 2.75) is 18.9 Å². The van der Waals surface area contributed by atoms with Gasteiger partial charge in [0.1, 0.15) is 5.60 Å². The highest BCUT2D eigenvalue weighted by molar-refractivity contribution is 5.44. The van der Waals surface area contributed by atoms with Gasteiger partial charge in [-0.3, -0.25) is 0 Å². The van der Waals surface area contributed by atoms with Crippen LogP contribution < -0.4 is 9.47 Å². The van der Waals surface area contributed by atoms with Crippen LogP contribution in [0.5, 0.6) is 11.5 Å². The van der Waals surface area contributed by atoms with Crippen LogP contribution in [0.3, 0.4) is 0 Å². The quantitative estimate of drug-likeness (QED) is 0.788. The number of benzene rings is 1. The second-order valence-electron chi connectivity index (χ2n) is 4.14. The van der Waals surface area contributed by atoms with E-state index in [0.717, 1.165) is 6.42 Å². The first-order valence-corrected chi connectivity index (χ1v) is 5.37. The first-order chi connectivity index (χ1) is 7.63. The van der Waals surface area contributed by atoms with Gasteiger partial charge in [-0.1, -0.05) is 6.07 Å². The maximum atomic E-state index is 9.92. The second kappa shape index (κ2) is 4.31. The van der Waals surface area contributed by atoms with Gasteiger partial charge in [0.15, 0.2) is 11.5 Å². The zero-order valence-corrected chi connectivity index (χ0v) is 9.27. The summed E-state index contributed by atoms with van der Waals surface area (Å²) in [5, 5.41) is 19.0. The van der Waals surface area contributed by atoms with Crippen LogP contribution in [-0.2, 0) is 5.60 Å². The van der Waals surface area contributed by atoms with Crippen LogP contribution >= 0.6 is 0 Å². The summed E-state index contributed by atoms with van der Waals surface area (Å²) in [7, 11) is 0. The Bertz CT molecular complexity index is 373. The van der Waals surface area contributed by atoms with Gasteiger partial charge in [0.2, 0.25) is 0 Å². The molecule has 0 radical (unpaired) electrons. The number of aliphatic hydroxyl groups is 2. The highest BCUT2D eigenvalue weighted by Crippen LogP contribution is 2.33. The molecule has 1 aliphatic rings. The van der Waals surface area contributed by atoms with E-state index in [0.29, 0.717) is 30.3 Å². The lowest BCUT2D eigenvalue weighted by Gasteiger charge is -2.21. The third-order valence-electron chi connectivity index (χ3n) is 2.68. The van der Waals surface area contributed by atoms with Gasteiger partial charge in [0.25, 0.3) is 0 Å². The Morgan fingerprint density at radius 3 is 2.62 bits per heavy atom. The number of fused-ring (bicyclic) bond motifs is 1. The molecule has 1 aromatic carbocycles. The third kappa shape index (κ3) is 2.13. The molecular formula is C12H16O4. The predicted octanol–water partition coefficient (Wildman–Crippen LogP) is 1.05. The Morgan fingerprint density at radius 2 is 1.94 bits per heavy atom. The molecule has 2 N–H and O–H groups in total. The molecule has 2 rings (SSSR count). The Hall–Kier alpha value is -1.26. The smallest absolute Gasteiger partial charge is 0.161 e. The van der Waals surface area contributed by atoms with Crippen LogP contribution in [0, 0.1) is 0 Å². The van der Waals surface area contributed by atoms with E-state index in [-0.39, 0.29) is 6.61 Å². The molecule has 0 bridgehead atoms. The van der Waals surface area contributed by atoms with E-state index < -0.39 is 5.60 Å². The van der Waals surface area contributed by atoms with Gasteiger partial charge >= 0.3 is 0 Å². The molecule has 1 unspecified atom stereocenters. The standard InChI is InChI=1S/C12H16O4/c1-12(14,8-13)9-3-4-10-11(7-9)16-6-2-5-15-10/h3-4,7,13-14H,2,5-6,8H2,1H3. The summed E-state index contributed by atoms with van der Waals surface area (Å²) in [5.74, 6) is 1.32. The Balaban J connectivity index is 2.34. The molecule has 4 heteroatoms. The highest BCUT2D eigenvalue weighted by Gasteiger charge is 2.24. The van der Waals surface area contributed by atoms with Crippen LogP contribution in [0.15, 0.2) is 18.2 Å². The molecule has 16 heavy (non-hydrogen) atoms. The van der Waals surface area contributed by atoms with E-state index in [1.54, 1.807) is 25.1 Å². The fraction of sp³-hybridized carbons (Fsp3) is 0.500. The van der Waals surface area contributed by atoms with Crippen molar-refractivity contribution in [2.75, 3.05) is 19.8 Å². The molecule has 1 atom stereocenters. The molecule has 1 aromatic rings. The second-order valence-corrected chi connectivity index (χ2v) is 4.14. The molecule has 1 aliphatic heterocycles. The minimum absolute atomic E-state index is 0.327. The van der Waals surface area contributed by atoms with E-state index in [1.165, 1.54) is 0 Å². The summed E-state index contributed by atoms with van der Waals surface area (Å²) < 4.78 is 11.0. The Morgan fingerprint density at radius 1 is 1.25 bits per heavy atom. The molecule has 0 spiro atoms. The molecule has 0 aliphatic carbocycles. The summed E-state index contributed by atoms with van der Waals surface area (Å²) in [4.78, 5) is 0. The lowest BCUT2D eigenvalue weighted by Crippen LogP contribution is -2.25. The van der Waals surface area contributed by atoms with E-state index >= 15 is 0 Å². The van der Waals surface area contributed by atoms with Crippen LogP contribution in [-0.4, -0.2) is 30.0 Å². The first kappa shape index (κ1) is 11.2. The lowest BCUT2D eigenvalue weighted by molar-refractivity contribution is -0.00247. The van der Waals surface area contributed by atoms with Gasteiger partial charge in [0, 0.05) is 6.42 Å². The SMILES string of the molecule is CC(O)(CO)c1ccc2c(c1)OCCCO2. The maximum absolute atomic E-state index is 9.92. The van der Waals surface area contributed by atoms with Crippen molar-refractivity contribution in [1.82, 2.24) is 0 Å². The normalized spacial score (nSPS) is 18.7. The number of hydrogen-bond donors (Lipinski definition) is 2. The van der Waals surface area contributed by atoms with Crippen molar-refractivity contribution < 1.29 is 19.7 Å². The molecule has 0 saturated heterocycles. The van der Waals surface area contributed by atoms with Crippen molar-refractivity contribution in [2.24, 2.45) is 0 Å². The maximum Gasteiger partial charge on any atom is 0.161 e. The fourth-order valence-corrected chi connectivity index (χ4v) is 1.59. The monoisotopic (exact) mass is 224 g/mol. The van der Waals surface area contributed by atoms with Crippen molar-refractivity contribution in [3.05, 3.63) is 23.8 Å². The largest absolute Gasteiger partial charge is 0.490 e. The predicted molar refractivity (Wildman–Crippen MR) is 58.7 cm³/mol. The fourth-order valence-electron chi connectivity index (χ4n) is 1.59. The number of hydrogen-bond acceptors (Lipinski definition) is 4. The van der Waals surface area contributed by atoms with Gasteiger partial charge in [0.05, 0.1) is 19.8 Å². The van der Waals surface area contributed by atoms with Crippen molar-refractivity contribution in [3.8, 4) is 11.5 Å². The number of ether oxygens (including phenoxy) is 2. The molecule has 1 heterocycles.